The Morgan fingerprint density at radius 2 is 0.784 bits per heavy atom. The van der Waals surface area contributed by atoms with E-state index in [0.29, 0.717) is 36.2 Å². The minimum atomic E-state index is -0.744. The molecule has 2 rings (SSSR count). The van der Waals surface area contributed by atoms with Gasteiger partial charge in [0.1, 0.15) is 18.9 Å². The molecule has 0 saturated carbocycles. The highest BCUT2D eigenvalue weighted by molar-refractivity contribution is 5.59. The quantitative estimate of drug-likeness (QED) is 0.0896. The molecular formula is C61H128O13. The molecule has 13 heteroatoms. The number of carbonyl (C=O) groups excluding carboxylic acids is 3. The third-order valence-corrected chi connectivity index (χ3v) is 12.6. The van der Waals surface area contributed by atoms with E-state index >= 15 is 0 Å². The lowest BCUT2D eigenvalue weighted by Gasteiger charge is -2.49. The molecule has 0 aromatic heterocycles. The van der Waals surface area contributed by atoms with Crippen LogP contribution in [0.4, 0.5) is 0 Å². The molecule has 2 aliphatic heterocycles. The van der Waals surface area contributed by atoms with E-state index in [2.05, 4.69) is 83.1 Å². The minimum absolute atomic E-state index is 0.0341. The fraction of sp³-hybridized carbons (Fsp3) is 0.951. The van der Waals surface area contributed by atoms with Crippen LogP contribution in [0.25, 0.3) is 0 Å². The number of aliphatic hydroxyl groups is 6. The number of aliphatic hydroxyl groups excluding tert-OH is 6. The average Bonchev–Trinajstić information content (AvgIpc) is 3.27. The van der Waals surface area contributed by atoms with Crippen LogP contribution in [0, 0.1) is 86.3 Å². The van der Waals surface area contributed by atoms with E-state index in [9.17, 15) is 34.8 Å². The van der Waals surface area contributed by atoms with Gasteiger partial charge in [0.05, 0.1) is 43.2 Å². The summed E-state index contributed by atoms with van der Waals surface area (Å²) in [7, 11) is 0. The SMILES string of the molecule is CC(C)C(O)C(C)(C)C.CC(C)C(O)C(C)(C)C=O.CC(C)C(O)C(C)(C)CO.CC(C)C1OC(C)C(C)(C)C(C(C)C)O1.CC(C)C1OC(O)C(C)(C)C(C(C)C)O1.CC(C)C=O.CC(C)C=O.CC(C)CO. The van der Waals surface area contributed by atoms with Crippen molar-refractivity contribution in [2.45, 2.75) is 277 Å². The van der Waals surface area contributed by atoms with E-state index in [1.807, 2.05) is 125 Å². The molecule has 2 heterocycles. The van der Waals surface area contributed by atoms with E-state index < -0.39 is 23.9 Å². The average molecular weight is 1070 g/mol. The standard InChI is InChI=1S/C13H26O2.C12H24O3.C8H18O2.C8H16O2.C8H18O.C4H10O.2C4H8O/c1-8(2)11-13(6,7)10(5)14-12(15-11)9(3)4;1-7(2)9-12(5,6)11(13)15-10(14-9)8(3)4;2*1-6(2)7(10)8(3,4)5-9;1-6(2)7(9)8(3,4)5;3*1-4(2)3-5/h8-12H,1-7H3;7-11,13H,1-6H3;6-7,9-10H,5H2,1-4H3;5-7,10H,1-4H3;6-7,9H,1-5H3;4-5H,3H2,1-2H3;2*3-4H,1-2H3. The van der Waals surface area contributed by atoms with Crippen LogP contribution in [0.1, 0.15) is 222 Å². The van der Waals surface area contributed by atoms with Crippen LogP contribution in [0.15, 0.2) is 0 Å². The molecule has 450 valence electrons. The van der Waals surface area contributed by atoms with Crippen LogP contribution in [-0.4, -0.2) is 118 Å². The predicted molar refractivity (Wildman–Crippen MR) is 308 cm³/mol. The van der Waals surface area contributed by atoms with Crippen molar-refractivity contribution in [2.24, 2.45) is 86.3 Å². The molecule has 0 radical (unpaired) electrons. The van der Waals surface area contributed by atoms with E-state index in [1.54, 1.807) is 13.8 Å². The maximum atomic E-state index is 10.4. The lowest BCUT2D eigenvalue weighted by atomic mass is 9.75. The van der Waals surface area contributed by atoms with Gasteiger partial charge in [0.25, 0.3) is 0 Å². The minimum Gasteiger partial charge on any atom is -0.396 e. The Bertz CT molecular complexity index is 1300. The molecule has 0 aromatic carbocycles. The van der Waals surface area contributed by atoms with E-state index in [0.717, 1.165) is 18.9 Å². The first-order valence-corrected chi connectivity index (χ1v) is 28.0. The van der Waals surface area contributed by atoms with Crippen molar-refractivity contribution in [3.63, 3.8) is 0 Å². The highest BCUT2D eigenvalue weighted by Gasteiger charge is 2.47. The van der Waals surface area contributed by atoms with Crippen LogP contribution < -0.4 is 0 Å². The summed E-state index contributed by atoms with van der Waals surface area (Å²) in [5.74, 6) is 3.15. The van der Waals surface area contributed by atoms with Gasteiger partial charge in [-0.2, -0.15) is 0 Å². The smallest absolute Gasteiger partial charge is 0.165 e. The van der Waals surface area contributed by atoms with E-state index in [4.69, 9.17) is 29.2 Å². The van der Waals surface area contributed by atoms with E-state index in [-0.39, 0.29) is 94.9 Å². The molecule has 0 aromatic rings. The van der Waals surface area contributed by atoms with Crippen molar-refractivity contribution < 1.29 is 64.0 Å². The highest BCUT2D eigenvalue weighted by atomic mass is 16.7. The number of hydrogen-bond acceptors (Lipinski definition) is 13. The molecule has 2 fully saturated rings. The molecule has 74 heavy (non-hydrogen) atoms. The Hall–Kier alpha value is -1.39. The number of aldehydes is 3. The number of rotatable bonds is 14. The van der Waals surface area contributed by atoms with Gasteiger partial charge in [-0.3, -0.25) is 0 Å². The Labute approximate surface area is 457 Å². The summed E-state index contributed by atoms with van der Waals surface area (Å²) < 4.78 is 23.4. The fourth-order valence-corrected chi connectivity index (χ4v) is 7.34. The van der Waals surface area contributed by atoms with Crippen molar-refractivity contribution in [3.05, 3.63) is 0 Å². The van der Waals surface area contributed by atoms with Gasteiger partial charge in [0.2, 0.25) is 0 Å². The molecule has 9 atom stereocenters. The topological polar surface area (TPSA) is 210 Å². The Kier molecular flexibility index (Phi) is 45.2. The van der Waals surface area contributed by atoms with E-state index in [1.165, 1.54) is 0 Å². The summed E-state index contributed by atoms with van der Waals surface area (Å²) in [5.41, 5.74) is -1.18. The fourth-order valence-electron chi connectivity index (χ4n) is 7.34. The Morgan fingerprint density at radius 1 is 0.486 bits per heavy atom. The van der Waals surface area contributed by atoms with Crippen molar-refractivity contribution in [1.29, 1.82) is 0 Å². The predicted octanol–water partition coefficient (Wildman–Crippen LogP) is 12.5. The maximum Gasteiger partial charge on any atom is 0.165 e. The second-order valence-electron chi connectivity index (χ2n) is 27.6. The first-order chi connectivity index (χ1) is 33.0. The highest BCUT2D eigenvalue weighted by Crippen LogP contribution is 2.41. The van der Waals surface area contributed by atoms with Crippen molar-refractivity contribution in [1.82, 2.24) is 0 Å². The summed E-state index contributed by atoms with van der Waals surface area (Å²) in [6, 6.07) is 0. The number of hydrogen-bond donors (Lipinski definition) is 6. The zero-order valence-electron chi connectivity index (χ0n) is 54.2. The normalized spacial score (nSPS) is 22.7. The van der Waals surface area contributed by atoms with Gasteiger partial charge in [0, 0.05) is 51.9 Å². The summed E-state index contributed by atoms with van der Waals surface area (Å²) in [4.78, 5) is 29.4. The summed E-state index contributed by atoms with van der Waals surface area (Å²) in [6.45, 7) is 64.5. The van der Waals surface area contributed by atoms with Crippen molar-refractivity contribution >= 4 is 18.9 Å². The second-order valence-corrected chi connectivity index (χ2v) is 27.6. The first kappa shape index (κ1) is 83.9. The third kappa shape index (κ3) is 36.7. The maximum absolute atomic E-state index is 10.4. The molecule has 2 aliphatic rings. The lowest BCUT2D eigenvalue weighted by molar-refractivity contribution is -0.362. The zero-order chi connectivity index (χ0) is 60.8. The number of ether oxygens (including phenoxy) is 4. The molecule has 6 N–H and O–H groups in total. The Morgan fingerprint density at radius 3 is 0.959 bits per heavy atom. The van der Waals surface area contributed by atoms with Gasteiger partial charge in [-0.1, -0.05) is 215 Å². The first-order valence-electron chi connectivity index (χ1n) is 28.0. The second kappa shape index (κ2) is 39.9. The number of carbonyl (C=O) groups is 3. The van der Waals surface area contributed by atoms with Crippen LogP contribution in [0.2, 0.25) is 0 Å². The van der Waals surface area contributed by atoms with Gasteiger partial charge in [0.15, 0.2) is 18.9 Å². The van der Waals surface area contributed by atoms with Crippen LogP contribution in [0.5, 0.6) is 0 Å². The molecule has 0 amide bonds. The van der Waals surface area contributed by atoms with Gasteiger partial charge in [-0.15, -0.1) is 0 Å². The van der Waals surface area contributed by atoms with Gasteiger partial charge in [-0.05, 0) is 47.8 Å². The largest absolute Gasteiger partial charge is 0.396 e. The molecule has 13 nitrogen and oxygen atoms in total. The van der Waals surface area contributed by atoms with Crippen molar-refractivity contribution in [3.8, 4) is 0 Å². The molecule has 0 aliphatic carbocycles. The summed E-state index contributed by atoms with van der Waals surface area (Å²) in [5, 5.41) is 55.4. The van der Waals surface area contributed by atoms with Crippen molar-refractivity contribution in [2.75, 3.05) is 13.2 Å². The monoisotopic (exact) mass is 1070 g/mol. The summed E-state index contributed by atoms with van der Waals surface area (Å²) in [6.07, 6.45) is 0.998. The molecule has 0 bridgehead atoms. The van der Waals surface area contributed by atoms with Gasteiger partial charge < -0.3 is 64.0 Å². The molecule has 9 unspecified atom stereocenters. The zero-order valence-corrected chi connectivity index (χ0v) is 54.2. The third-order valence-electron chi connectivity index (χ3n) is 12.6. The van der Waals surface area contributed by atoms with Gasteiger partial charge >= 0.3 is 0 Å². The van der Waals surface area contributed by atoms with Crippen LogP contribution >= 0.6 is 0 Å². The molecular weight excluding hydrogens is 941 g/mol. The Balaban J connectivity index is -0.000000185. The van der Waals surface area contributed by atoms with Crippen LogP contribution in [-0.2, 0) is 33.3 Å². The molecule has 0 spiro atoms. The molecule has 2 saturated heterocycles. The van der Waals surface area contributed by atoms with Gasteiger partial charge in [-0.25, -0.2) is 0 Å². The summed E-state index contributed by atoms with van der Waals surface area (Å²) >= 11 is 0. The lowest BCUT2D eigenvalue weighted by Crippen LogP contribution is -2.55. The van der Waals surface area contributed by atoms with Crippen LogP contribution in [0.3, 0.4) is 0 Å².